The number of carbonyl (C=O) groups is 1. The number of hydrogen-bond donors (Lipinski definition) is 2. The average molecular weight is 339 g/mol. The highest BCUT2D eigenvalue weighted by Gasteiger charge is 2.32. The zero-order valence-electron chi connectivity index (χ0n) is 14.7. The van der Waals surface area contributed by atoms with Gasteiger partial charge in [-0.3, -0.25) is 4.79 Å². The molecule has 1 aromatic rings. The quantitative estimate of drug-likeness (QED) is 0.766. The number of carbonyl (C=O) groups excluding carboxylic acids is 1. The monoisotopic (exact) mass is 338 g/mol. The highest BCUT2D eigenvalue weighted by molar-refractivity contribution is 7.14. The second-order valence-electron chi connectivity index (χ2n) is 6.53. The molecule has 1 saturated heterocycles. The topological polar surface area (TPSA) is 50.4 Å². The number of rotatable bonds is 8. The molecule has 0 aromatic carbocycles. The third-order valence-electron chi connectivity index (χ3n) is 4.72. The Balaban J connectivity index is 2.00. The predicted octanol–water partition coefficient (Wildman–Crippen LogP) is 3.01. The lowest BCUT2D eigenvalue weighted by Gasteiger charge is -2.37. The number of hydrogen-bond acceptors (Lipinski definition) is 4. The molecule has 4 nitrogen and oxygen atoms in total. The van der Waals surface area contributed by atoms with Crippen LogP contribution in [0.1, 0.15) is 53.2 Å². The van der Waals surface area contributed by atoms with Crippen molar-refractivity contribution >= 4 is 17.2 Å². The van der Waals surface area contributed by atoms with Crippen molar-refractivity contribution < 1.29 is 9.53 Å². The summed E-state index contributed by atoms with van der Waals surface area (Å²) in [6.07, 6.45) is 5.29. The molecule has 1 aliphatic rings. The second-order valence-corrected chi connectivity index (χ2v) is 7.67. The summed E-state index contributed by atoms with van der Waals surface area (Å²) in [6, 6.07) is 2.08. The molecule has 0 spiro atoms. The van der Waals surface area contributed by atoms with Crippen LogP contribution in [0.2, 0.25) is 0 Å². The molecule has 0 radical (unpaired) electrons. The van der Waals surface area contributed by atoms with Crippen LogP contribution in [0, 0.1) is 5.41 Å². The van der Waals surface area contributed by atoms with Crippen LogP contribution >= 0.6 is 11.3 Å². The number of thiophene rings is 1. The Kier molecular flexibility index (Phi) is 7.06. The van der Waals surface area contributed by atoms with Crippen molar-refractivity contribution in [3.63, 3.8) is 0 Å². The molecule has 0 bridgehead atoms. The van der Waals surface area contributed by atoms with Gasteiger partial charge in [0.25, 0.3) is 5.91 Å². The Morgan fingerprint density at radius 2 is 2.13 bits per heavy atom. The maximum absolute atomic E-state index is 12.6. The first-order valence-corrected chi connectivity index (χ1v) is 9.55. The van der Waals surface area contributed by atoms with Crippen molar-refractivity contribution in [2.24, 2.45) is 5.41 Å². The van der Waals surface area contributed by atoms with Crippen molar-refractivity contribution in [1.29, 1.82) is 0 Å². The van der Waals surface area contributed by atoms with Crippen molar-refractivity contribution in [3.05, 3.63) is 21.4 Å². The van der Waals surface area contributed by atoms with Gasteiger partial charge in [0.15, 0.2) is 0 Å². The fourth-order valence-electron chi connectivity index (χ4n) is 3.31. The molecule has 2 heterocycles. The van der Waals surface area contributed by atoms with Crippen molar-refractivity contribution in [1.82, 2.24) is 10.6 Å². The molecule has 0 aliphatic carbocycles. The molecule has 0 unspecified atom stereocenters. The summed E-state index contributed by atoms with van der Waals surface area (Å²) < 4.78 is 5.42. The first-order valence-electron chi connectivity index (χ1n) is 8.73. The van der Waals surface area contributed by atoms with E-state index in [1.807, 2.05) is 0 Å². The summed E-state index contributed by atoms with van der Waals surface area (Å²) in [5.41, 5.74) is 1.41. The number of nitrogens with one attached hydrogen (secondary N) is 2. The minimum Gasteiger partial charge on any atom is -0.384 e. The van der Waals surface area contributed by atoms with Gasteiger partial charge in [-0.1, -0.05) is 20.3 Å². The van der Waals surface area contributed by atoms with Gasteiger partial charge in [0.05, 0.1) is 11.5 Å². The lowest BCUT2D eigenvalue weighted by Crippen LogP contribution is -2.47. The molecule has 23 heavy (non-hydrogen) atoms. The number of amides is 1. The molecule has 130 valence electrons. The van der Waals surface area contributed by atoms with Gasteiger partial charge < -0.3 is 15.4 Å². The summed E-state index contributed by atoms with van der Waals surface area (Å²) in [5.74, 6) is 0.0704. The van der Waals surface area contributed by atoms with Crippen LogP contribution in [0.4, 0.5) is 0 Å². The summed E-state index contributed by atoms with van der Waals surface area (Å²) in [4.78, 5) is 14.8. The molecule has 1 fully saturated rings. The van der Waals surface area contributed by atoms with Crippen LogP contribution in [0.25, 0.3) is 0 Å². The molecule has 2 rings (SSSR count). The minimum atomic E-state index is 0.0704. The van der Waals surface area contributed by atoms with Crippen molar-refractivity contribution in [3.8, 4) is 0 Å². The van der Waals surface area contributed by atoms with Gasteiger partial charge >= 0.3 is 0 Å². The zero-order chi connectivity index (χ0) is 16.7. The van der Waals surface area contributed by atoms with Gasteiger partial charge in [-0.15, -0.1) is 11.3 Å². The van der Waals surface area contributed by atoms with Gasteiger partial charge in [0.1, 0.15) is 0 Å². The molecule has 0 atom stereocenters. The van der Waals surface area contributed by atoms with Crippen molar-refractivity contribution in [2.45, 2.75) is 46.0 Å². The van der Waals surface area contributed by atoms with E-state index < -0.39 is 0 Å². The van der Waals surface area contributed by atoms with E-state index in [9.17, 15) is 4.79 Å². The maximum atomic E-state index is 12.6. The van der Waals surface area contributed by atoms with Gasteiger partial charge in [-0.05, 0) is 50.4 Å². The van der Waals surface area contributed by atoms with E-state index in [0.29, 0.717) is 13.2 Å². The number of piperidine rings is 1. The van der Waals surface area contributed by atoms with Gasteiger partial charge in [0, 0.05) is 23.9 Å². The summed E-state index contributed by atoms with van der Waals surface area (Å²) in [7, 11) is 1.75. The van der Waals surface area contributed by atoms with E-state index in [4.69, 9.17) is 4.74 Å². The Hall–Kier alpha value is -0.910. The highest BCUT2D eigenvalue weighted by atomic mass is 32.1. The summed E-state index contributed by atoms with van der Waals surface area (Å²) >= 11 is 1.66. The van der Waals surface area contributed by atoms with Crippen LogP contribution in [-0.2, 0) is 17.6 Å². The molecule has 1 amide bonds. The largest absolute Gasteiger partial charge is 0.384 e. The van der Waals surface area contributed by atoms with Crippen LogP contribution in [0.5, 0.6) is 0 Å². The molecule has 5 heteroatoms. The predicted molar refractivity (Wildman–Crippen MR) is 96.4 cm³/mol. The fourth-order valence-corrected chi connectivity index (χ4v) is 4.58. The first-order chi connectivity index (χ1) is 11.1. The molecule has 1 aromatic heterocycles. The Morgan fingerprint density at radius 3 is 2.74 bits per heavy atom. The summed E-state index contributed by atoms with van der Waals surface area (Å²) in [6.45, 7) is 7.75. The molecular weight excluding hydrogens is 308 g/mol. The Labute approximate surface area is 144 Å². The van der Waals surface area contributed by atoms with E-state index in [1.165, 1.54) is 10.4 Å². The second kappa shape index (κ2) is 8.81. The number of methoxy groups -OCH3 is 1. The SMILES string of the molecule is CCCc1sc(C(=O)NCC2(COC)CCNCC2)cc1CC. The normalized spacial score (nSPS) is 17.2. The summed E-state index contributed by atoms with van der Waals surface area (Å²) in [5, 5.41) is 6.55. The number of aryl methyl sites for hydroxylation is 2. The highest BCUT2D eigenvalue weighted by Crippen LogP contribution is 2.29. The van der Waals surface area contributed by atoms with Gasteiger partial charge in [-0.2, -0.15) is 0 Å². The van der Waals surface area contributed by atoms with Crippen LogP contribution < -0.4 is 10.6 Å². The zero-order valence-corrected chi connectivity index (χ0v) is 15.5. The van der Waals surface area contributed by atoms with E-state index in [1.54, 1.807) is 18.4 Å². The van der Waals surface area contributed by atoms with Gasteiger partial charge in [-0.25, -0.2) is 0 Å². The van der Waals surface area contributed by atoms with E-state index >= 15 is 0 Å². The average Bonchev–Trinajstić information content (AvgIpc) is 2.97. The molecule has 0 saturated carbocycles. The lowest BCUT2D eigenvalue weighted by atomic mass is 9.79. The molecule has 1 aliphatic heterocycles. The van der Waals surface area contributed by atoms with Crippen LogP contribution in [-0.4, -0.2) is 39.3 Å². The van der Waals surface area contributed by atoms with Crippen LogP contribution in [0.3, 0.4) is 0 Å². The third kappa shape index (κ3) is 4.78. The standard InChI is InChI=1S/C18H30N2O2S/c1-4-6-15-14(5-2)11-16(23-15)17(21)20-12-18(13-22-3)7-9-19-10-8-18/h11,19H,4-10,12-13H2,1-3H3,(H,20,21). The maximum Gasteiger partial charge on any atom is 0.261 e. The molecule has 2 N–H and O–H groups in total. The molecular formula is C18H30N2O2S. The Bertz CT molecular complexity index is 502. The van der Waals surface area contributed by atoms with E-state index in [0.717, 1.165) is 50.1 Å². The van der Waals surface area contributed by atoms with Crippen LogP contribution in [0.15, 0.2) is 6.07 Å². The smallest absolute Gasteiger partial charge is 0.261 e. The Morgan fingerprint density at radius 1 is 1.39 bits per heavy atom. The van der Waals surface area contributed by atoms with E-state index in [-0.39, 0.29) is 11.3 Å². The van der Waals surface area contributed by atoms with E-state index in [2.05, 4.69) is 30.5 Å². The minimum absolute atomic E-state index is 0.0704. The van der Waals surface area contributed by atoms with Gasteiger partial charge in [0.2, 0.25) is 0 Å². The first kappa shape index (κ1) is 18.4. The number of ether oxygens (including phenoxy) is 1. The van der Waals surface area contributed by atoms with Crippen molar-refractivity contribution in [2.75, 3.05) is 33.4 Å². The third-order valence-corrected chi connectivity index (χ3v) is 5.95. The fraction of sp³-hybridized carbons (Fsp3) is 0.722. The lowest BCUT2D eigenvalue weighted by molar-refractivity contribution is 0.0512.